The Morgan fingerprint density at radius 2 is 1.97 bits per heavy atom. The predicted octanol–water partition coefficient (Wildman–Crippen LogP) is 4.93. The molecule has 33 heavy (non-hydrogen) atoms. The number of hydrogen-bond acceptors (Lipinski definition) is 6. The molecule has 1 fully saturated rings. The molecule has 2 aromatic rings. The van der Waals surface area contributed by atoms with E-state index in [0.717, 1.165) is 23.6 Å². The van der Waals surface area contributed by atoms with Gasteiger partial charge in [0.15, 0.2) is 5.01 Å². The van der Waals surface area contributed by atoms with Gasteiger partial charge in [-0.3, -0.25) is 9.59 Å². The van der Waals surface area contributed by atoms with Crippen LogP contribution in [0.4, 0.5) is 19.0 Å². The minimum Gasteiger partial charge on any atom is -0.365 e. The van der Waals surface area contributed by atoms with Gasteiger partial charge in [0.2, 0.25) is 0 Å². The number of nitrogens with one attached hydrogen (secondary N) is 2. The van der Waals surface area contributed by atoms with Crippen LogP contribution < -0.4 is 10.6 Å². The molecule has 0 radical (unpaired) electrons. The molecule has 0 bridgehead atoms. The summed E-state index contributed by atoms with van der Waals surface area (Å²) < 4.78 is 42.2. The number of nitrogens with zero attached hydrogens (tertiary/aromatic N) is 3. The fraction of sp³-hybridized carbons (Fsp3) is 0.455. The van der Waals surface area contributed by atoms with E-state index in [1.165, 1.54) is 4.90 Å². The van der Waals surface area contributed by atoms with E-state index >= 15 is 0 Å². The first-order valence-corrected chi connectivity index (χ1v) is 11.3. The smallest absolute Gasteiger partial charge is 0.365 e. The highest BCUT2D eigenvalue weighted by Crippen LogP contribution is 2.42. The molecule has 11 heteroatoms. The molecule has 0 aliphatic carbocycles. The summed E-state index contributed by atoms with van der Waals surface area (Å²) in [6, 6.07) is 0.912. The maximum Gasteiger partial charge on any atom is 0.417 e. The van der Waals surface area contributed by atoms with Crippen LogP contribution in [0.1, 0.15) is 66.4 Å². The maximum atomic E-state index is 14.1. The van der Waals surface area contributed by atoms with Crippen LogP contribution in [-0.4, -0.2) is 45.3 Å². The van der Waals surface area contributed by atoms with Crippen LogP contribution in [0.3, 0.4) is 0 Å². The van der Waals surface area contributed by atoms with Gasteiger partial charge in [0, 0.05) is 36.1 Å². The zero-order chi connectivity index (χ0) is 24.6. The highest BCUT2D eigenvalue weighted by atomic mass is 32.1. The topological polar surface area (TPSA) is 87.2 Å². The third-order valence-corrected chi connectivity index (χ3v) is 5.88. The third-order valence-electron chi connectivity index (χ3n) is 4.79. The molecular weight excluding hydrogens is 455 g/mol. The van der Waals surface area contributed by atoms with Crippen molar-refractivity contribution >= 4 is 29.0 Å². The van der Waals surface area contributed by atoms with Gasteiger partial charge in [-0.15, -0.1) is 11.3 Å². The van der Waals surface area contributed by atoms with E-state index in [9.17, 15) is 22.8 Å². The van der Waals surface area contributed by atoms with Gasteiger partial charge in [0.1, 0.15) is 11.5 Å². The Labute approximate surface area is 194 Å². The maximum absolute atomic E-state index is 14.1. The van der Waals surface area contributed by atoms with Gasteiger partial charge in [-0.2, -0.15) is 13.2 Å². The predicted molar refractivity (Wildman–Crippen MR) is 121 cm³/mol. The van der Waals surface area contributed by atoms with E-state index in [0.29, 0.717) is 31.6 Å². The van der Waals surface area contributed by atoms with Crippen LogP contribution >= 0.6 is 11.3 Å². The largest absolute Gasteiger partial charge is 0.417 e. The van der Waals surface area contributed by atoms with Crippen molar-refractivity contribution < 1.29 is 22.8 Å². The average Bonchev–Trinajstić information content (AvgIpc) is 3.32. The van der Waals surface area contributed by atoms with Crippen LogP contribution in [0.2, 0.25) is 0 Å². The van der Waals surface area contributed by atoms with Crippen molar-refractivity contribution in [1.82, 2.24) is 20.2 Å². The summed E-state index contributed by atoms with van der Waals surface area (Å²) in [5.74, 6) is -1.09. The Morgan fingerprint density at radius 3 is 2.52 bits per heavy atom. The van der Waals surface area contributed by atoms with Crippen molar-refractivity contribution in [3.8, 4) is 10.4 Å². The second-order valence-corrected chi connectivity index (χ2v) is 9.67. The van der Waals surface area contributed by atoms with Gasteiger partial charge in [-0.25, -0.2) is 9.97 Å². The first kappa shape index (κ1) is 24.7. The lowest BCUT2D eigenvalue weighted by Gasteiger charge is -2.23. The quantitative estimate of drug-likeness (QED) is 0.632. The number of carbonyl (C=O) groups excluding carboxylic acids is 2. The van der Waals surface area contributed by atoms with Crippen LogP contribution in [-0.2, 0) is 6.18 Å². The fourth-order valence-electron chi connectivity index (χ4n) is 3.41. The number of halogens is 3. The first-order valence-electron chi connectivity index (χ1n) is 10.5. The number of alkyl halides is 3. The molecule has 0 aromatic carbocycles. The molecule has 3 heterocycles. The summed E-state index contributed by atoms with van der Waals surface area (Å²) in [5, 5.41) is 5.40. The summed E-state index contributed by atoms with van der Waals surface area (Å²) in [6.07, 6.45) is -2.34. The number of allylic oxidation sites excluding steroid dienone is 1. The monoisotopic (exact) mass is 481 g/mol. The highest BCUT2D eigenvalue weighted by Gasteiger charge is 2.38. The van der Waals surface area contributed by atoms with Crippen molar-refractivity contribution in [3.63, 3.8) is 0 Å². The summed E-state index contributed by atoms with van der Waals surface area (Å²) in [5.41, 5.74) is -1.43. The fourth-order valence-corrected chi connectivity index (χ4v) is 4.41. The molecule has 0 atom stereocenters. The van der Waals surface area contributed by atoms with E-state index < -0.39 is 29.1 Å². The van der Waals surface area contributed by atoms with Crippen LogP contribution in [0.25, 0.3) is 10.4 Å². The van der Waals surface area contributed by atoms with Gasteiger partial charge in [-0.1, -0.05) is 6.58 Å². The van der Waals surface area contributed by atoms with Crippen LogP contribution in [0.5, 0.6) is 0 Å². The Bertz CT molecular complexity index is 1090. The number of anilines is 1. The van der Waals surface area contributed by atoms with Gasteiger partial charge in [0.25, 0.3) is 11.8 Å². The van der Waals surface area contributed by atoms with Crippen molar-refractivity contribution in [1.29, 1.82) is 0 Å². The molecule has 1 aliphatic rings. The van der Waals surface area contributed by atoms with Gasteiger partial charge in [0.05, 0.1) is 10.4 Å². The number of carbonyl (C=O) groups is 2. The van der Waals surface area contributed by atoms with Crippen molar-refractivity contribution in [2.24, 2.45) is 0 Å². The number of likely N-dealkylation sites (tertiary alicyclic amines) is 1. The molecule has 1 saturated heterocycles. The molecule has 7 nitrogen and oxygen atoms in total. The molecule has 0 saturated carbocycles. The van der Waals surface area contributed by atoms with Crippen molar-refractivity contribution in [2.45, 2.75) is 52.3 Å². The van der Waals surface area contributed by atoms with E-state index in [4.69, 9.17) is 0 Å². The van der Waals surface area contributed by atoms with Gasteiger partial charge >= 0.3 is 6.18 Å². The number of amides is 2. The summed E-state index contributed by atoms with van der Waals surface area (Å²) in [6.45, 7) is 11.7. The molecule has 178 valence electrons. The molecular formula is C22H26F3N5O2S. The minimum absolute atomic E-state index is 0.0489. The zero-order valence-electron chi connectivity index (χ0n) is 18.9. The average molecular weight is 482 g/mol. The Balaban J connectivity index is 2.18. The molecule has 0 spiro atoms. The SMILES string of the molecule is C=C1CCCN1C(=O)c1nc(C(=O)NCC)sc1-c1cnc(NC(C)(C)C)cc1C(F)(F)F. The second-order valence-electron chi connectivity index (χ2n) is 8.67. The number of rotatable bonds is 5. The highest BCUT2D eigenvalue weighted by molar-refractivity contribution is 7.17. The van der Waals surface area contributed by atoms with Crippen LogP contribution in [0.15, 0.2) is 24.5 Å². The number of thiazole rings is 1. The lowest BCUT2D eigenvalue weighted by atomic mass is 10.1. The molecule has 2 amide bonds. The number of pyridine rings is 1. The van der Waals surface area contributed by atoms with Crippen molar-refractivity contribution in [2.75, 3.05) is 18.4 Å². The Kier molecular flexibility index (Phi) is 6.83. The summed E-state index contributed by atoms with van der Waals surface area (Å²) in [4.78, 5) is 35.3. The molecule has 3 rings (SSSR count). The summed E-state index contributed by atoms with van der Waals surface area (Å²) in [7, 11) is 0. The molecule has 2 N–H and O–H groups in total. The van der Waals surface area contributed by atoms with Crippen molar-refractivity contribution in [3.05, 3.63) is 40.8 Å². The van der Waals surface area contributed by atoms with Crippen LogP contribution in [0, 0.1) is 0 Å². The molecule has 2 aromatic heterocycles. The first-order chi connectivity index (χ1) is 15.3. The number of aromatic nitrogens is 2. The Hall–Kier alpha value is -2.95. The lowest BCUT2D eigenvalue weighted by Crippen LogP contribution is -2.28. The van der Waals surface area contributed by atoms with E-state index in [1.807, 2.05) is 0 Å². The second kappa shape index (κ2) is 9.12. The van der Waals surface area contributed by atoms with E-state index in [-0.39, 0.29) is 27.0 Å². The van der Waals surface area contributed by atoms with E-state index in [1.54, 1.807) is 27.7 Å². The standard InChI is InChI=1S/C22H26F3N5O2S/c1-6-26-18(31)19-28-16(20(32)30-9-7-8-12(30)2)17(33-19)13-11-27-15(29-21(3,4)5)10-14(13)22(23,24)25/h10-11H,2,6-9H2,1,3-5H3,(H,26,31)(H,27,29). The minimum atomic E-state index is -4.72. The normalized spacial score (nSPS) is 14.5. The number of hydrogen-bond donors (Lipinski definition) is 2. The zero-order valence-corrected chi connectivity index (χ0v) is 19.7. The van der Waals surface area contributed by atoms with Gasteiger partial charge in [-0.05, 0) is 46.6 Å². The molecule has 1 aliphatic heterocycles. The summed E-state index contributed by atoms with van der Waals surface area (Å²) >= 11 is 0.738. The Morgan fingerprint density at radius 1 is 1.27 bits per heavy atom. The van der Waals surface area contributed by atoms with Gasteiger partial charge < -0.3 is 15.5 Å². The van der Waals surface area contributed by atoms with E-state index in [2.05, 4.69) is 27.2 Å². The lowest BCUT2D eigenvalue weighted by molar-refractivity contribution is -0.137. The third kappa shape index (κ3) is 5.52. The molecule has 0 unspecified atom stereocenters.